The van der Waals surface area contributed by atoms with Crippen LogP contribution < -0.4 is 5.32 Å². The van der Waals surface area contributed by atoms with Crippen LogP contribution in [0.3, 0.4) is 0 Å². The fourth-order valence-electron chi connectivity index (χ4n) is 2.51. The summed E-state index contributed by atoms with van der Waals surface area (Å²) >= 11 is 0. The van der Waals surface area contributed by atoms with Crippen molar-refractivity contribution in [1.82, 2.24) is 5.32 Å². The number of carbonyl (C=O) groups is 2. The van der Waals surface area contributed by atoms with Gasteiger partial charge in [0.1, 0.15) is 5.75 Å². The van der Waals surface area contributed by atoms with Gasteiger partial charge in [-0.1, -0.05) is 43.3 Å². The smallest absolute Gasteiger partial charge is 0.339 e. The Hall–Kier alpha value is -2.82. The van der Waals surface area contributed by atoms with Crippen LogP contribution in [0.15, 0.2) is 54.6 Å². The van der Waals surface area contributed by atoms with Crippen molar-refractivity contribution in [2.75, 3.05) is 6.54 Å². The molecule has 2 aromatic carbocycles. The molecule has 5 nitrogen and oxygen atoms in total. The molecule has 5 heteroatoms. The van der Waals surface area contributed by atoms with Gasteiger partial charge < -0.3 is 15.2 Å². The van der Waals surface area contributed by atoms with Crippen molar-refractivity contribution in [3.8, 4) is 5.75 Å². The van der Waals surface area contributed by atoms with Crippen molar-refractivity contribution in [3.05, 3.63) is 65.7 Å². The zero-order chi connectivity index (χ0) is 18.2. The highest BCUT2D eigenvalue weighted by Crippen LogP contribution is 2.18. The molecular weight excluding hydrogens is 318 g/mol. The van der Waals surface area contributed by atoms with Crippen molar-refractivity contribution >= 4 is 11.9 Å². The van der Waals surface area contributed by atoms with Crippen LogP contribution in [0.1, 0.15) is 42.1 Å². The Morgan fingerprint density at radius 2 is 1.84 bits per heavy atom. The zero-order valence-electron chi connectivity index (χ0n) is 14.4. The van der Waals surface area contributed by atoms with Crippen molar-refractivity contribution < 1.29 is 19.4 Å². The highest BCUT2D eigenvalue weighted by atomic mass is 16.5. The average molecular weight is 341 g/mol. The monoisotopic (exact) mass is 341 g/mol. The lowest BCUT2D eigenvalue weighted by molar-refractivity contribution is -0.129. The zero-order valence-corrected chi connectivity index (χ0v) is 14.4. The fourth-order valence-corrected chi connectivity index (χ4v) is 2.51. The lowest BCUT2D eigenvalue weighted by Crippen LogP contribution is -2.38. The van der Waals surface area contributed by atoms with Crippen molar-refractivity contribution in [1.29, 1.82) is 0 Å². The number of esters is 1. The maximum atomic E-state index is 12.2. The largest absolute Gasteiger partial charge is 0.508 e. The number of ether oxygens (including phenoxy) is 1. The van der Waals surface area contributed by atoms with E-state index in [0.29, 0.717) is 6.54 Å². The van der Waals surface area contributed by atoms with Crippen LogP contribution in [0.2, 0.25) is 0 Å². The van der Waals surface area contributed by atoms with E-state index in [2.05, 4.69) is 12.2 Å². The molecule has 0 saturated carbocycles. The van der Waals surface area contributed by atoms with Crippen LogP contribution in [-0.4, -0.2) is 29.6 Å². The van der Waals surface area contributed by atoms with E-state index in [1.54, 1.807) is 6.07 Å². The standard InChI is InChI=1S/C20H23NO4/c1-3-15(16-8-5-4-6-9-16)13-21-19(23)14(2)25-20(24)17-10-7-11-18(22)12-17/h4-12,14-15,22H,3,13H2,1-2H3,(H,21,23)/t14-,15+/m0/s1. The molecular formula is C20H23NO4. The first kappa shape index (κ1) is 18.5. The Morgan fingerprint density at radius 1 is 1.12 bits per heavy atom. The van der Waals surface area contributed by atoms with E-state index in [1.165, 1.54) is 25.1 Å². The molecule has 0 heterocycles. The second-order valence-electron chi connectivity index (χ2n) is 5.86. The molecule has 0 aliphatic carbocycles. The molecule has 0 saturated heterocycles. The van der Waals surface area contributed by atoms with E-state index in [9.17, 15) is 14.7 Å². The maximum absolute atomic E-state index is 12.2. The number of benzene rings is 2. The van der Waals surface area contributed by atoms with Crippen LogP contribution >= 0.6 is 0 Å². The van der Waals surface area contributed by atoms with Gasteiger partial charge in [-0.3, -0.25) is 4.79 Å². The van der Waals surface area contributed by atoms with Crippen molar-refractivity contribution in [2.24, 2.45) is 0 Å². The molecule has 0 radical (unpaired) electrons. The number of phenolic OH excluding ortho intramolecular Hbond substituents is 1. The number of nitrogens with one attached hydrogen (secondary N) is 1. The Bertz CT molecular complexity index is 715. The molecule has 0 aromatic heterocycles. The quantitative estimate of drug-likeness (QED) is 0.758. The minimum Gasteiger partial charge on any atom is -0.508 e. The number of rotatable bonds is 7. The van der Waals surface area contributed by atoms with E-state index in [1.807, 2.05) is 30.3 Å². The second kappa shape index (κ2) is 8.87. The SMILES string of the molecule is CC[C@H](CNC(=O)[C@H](C)OC(=O)c1cccc(O)c1)c1ccccc1. The molecule has 1 amide bonds. The van der Waals surface area contributed by atoms with Gasteiger partial charge in [-0.25, -0.2) is 4.79 Å². The van der Waals surface area contributed by atoms with E-state index in [-0.39, 0.29) is 23.1 Å². The van der Waals surface area contributed by atoms with Gasteiger partial charge >= 0.3 is 5.97 Å². The van der Waals surface area contributed by atoms with E-state index >= 15 is 0 Å². The molecule has 2 N–H and O–H groups in total. The Morgan fingerprint density at radius 3 is 2.48 bits per heavy atom. The molecule has 0 aliphatic heterocycles. The van der Waals surface area contributed by atoms with Gasteiger partial charge in [0, 0.05) is 12.5 Å². The Balaban J connectivity index is 1.88. The molecule has 2 rings (SSSR count). The number of aromatic hydroxyl groups is 1. The average Bonchev–Trinajstić information content (AvgIpc) is 2.62. The molecule has 25 heavy (non-hydrogen) atoms. The third-order valence-corrected chi connectivity index (χ3v) is 4.02. The number of carbonyl (C=O) groups excluding carboxylic acids is 2. The van der Waals surface area contributed by atoms with Gasteiger partial charge in [0.15, 0.2) is 6.10 Å². The molecule has 2 atom stereocenters. The topological polar surface area (TPSA) is 75.6 Å². The fraction of sp³-hybridized carbons (Fsp3) is 0.300. The van der Waals surface area contributed by atoms with E-state index < -0.39 is 12.1 Å². The molecule has 0 fully saturated rings. The first-order valence-electron chi connectivity index (χ1n) is 8.34. The molecule has 0 unspecified atom stereocenters. The lowest BCUT2D eigenvalue weighted by Gasteiger charge is -2.18. The van der Waals surface area contributed by atoms with Crippen LogP contribution in [0.5, 0.6) is 5.75 Å². The van der Waals surface area contributed by atoms with Crippen molar-refractivity contribution in [3.63, 3.8) is 0 Å². The van der Waals surface area contributed by atoms with Gasteiger partial charge in [-0.15, -0.1) is 0 Å². The third kappa shape index (κ3) is 5.35. The summed E-state index contributed by atoms with van der Waals surface area (Å²) in [6.45, 7) is 4.07. The minimum atomic E-state index is -0.914. The summed E-state index contributed by atoms with van der Waals surface area (Å²) in [6.07, 6.45) is -0.0231. The van der Waals surface area contributed by atoms with Gasteiger partial charge in [0.25, 0.3) is 5.91 Å². The highest BCUT2D eigenvalue weighted by Gasteiger charge is 2.20. The summed E-state index contributed by atoms with van der Waals surface area (Å²) in [5.41, 5.74) is 1.37. The Labute approximate surface area is 147 Å². The van der Waals surface area contributed by atoms with Crippen LogP contribution in [0.25, 0.3) is 0 Å². The second-order valence-corrected chi connectivity index (χ2v) is 5.86. The third-order valence-electron chi connectivity index (χ3n) is 4.02. The number of hydrogen-bond acceptors (Lipinski definition) is 4. The van der Waals surface area contributed by atoms with Crippen LogP contribution in [0.4, 0.5) is 0 Å². The van der Waals surface area contributed by atoms with Gasteiger partial charge in [-0.2, -0.15) is 0 Å². The summed E-state index contributed by atoms with van der Waals surface area (Å²) in [7, 11) is 0. The first-order valence-corrected chi connectivity index (χ1v) is 8.34. The molecule has 132 valence electrons. The van der Waals surface area contributed by atoms with Gasteiger partial charge in [0.05, 0.1) is 5.56 Å². The molecule has 0 spiro atoms. The highest BCUT2D eigenvalue weighted by molar-refractivity contribution is 5.92. The van der Waals surface area contributed by atoms with Crippen molar-refractivity contribution in [2.45, 2.75) is 32.3 Å². The van der Waals surface area contributed by atoms with Gasteiger partial charge in [0.2, 0.25) is 0 Å². The van der Waals surface area contributed by atoms with E-state index in [0.717, 1.165) is 12.0 Å². The number of amides is 1. The maximum Gasteiger partial charge on any atom is 0.339 e. The minimum absolute atomic E-state index is 0.0276. The van der Waals surface area contributed by atoms with E-state index in [4.69, 9.17) is 4.74 Å². The summed E-state index contributed by atoms with van der Waals surface area (Å²) in [4.78, 5) is 24.2. The summed E-state index contributed by atoms with van der Waals surface area (Å²) in [5, 5.41) is 12.2. The predicted molar refractivity (Wildman–Crippen MR) is 95.5 cm³/mol. The first-order chi connectivity index (χ1) is 12.0. The van der Waals surface area contributed by atoms with Gasteiger partial charge in [-0.05, 0) is 37.1 Å². The lowest BCUT2D eigenvalue weighted by atomic mass is 9.96. The summed E-state index contributed by atoms with van der Waals surface area (Å²) in [6, 6.07) is 15.8. The number of hydrogen-bond donors (Lipinski definition) is 2. The molecule has 2 aromatic rings. The summed E-state index contributed by atoms with van der Waals surface area (Å²) < 4.78 is 5.16. The van der Waals surface area contributed by atoms with Crippen LogP contribution in [0, 0.1) is 0 Å². The normalized spacial score (nSPS) is 12.9. The van der Waals surface area contributed by atoms with Crippen LogP contribution in [-0.2, 0) is 9.53 Å². The molecule has 0 bridgehead atoms. The summed E-state index contributed by atoms with van der Waals surface area (Å²) in [5.74, 6) is -0.809. The molecule has 0 aliphatic rings. The predicted octanol–water partition coefficient (Wildman–Crippen LogP) is 3.25. The number of phenols is 1. The Kier molecular flexibility index (Phi) is 6.57.